The summed E-state index contributed by atoms with van der Waals surface area (Å²) in [6.07, 6.45) is 2.76. The molecule has 2 aromatic heterocycles. The smallest absolute Gasteiger partial charge is 0.327 e. The van der Waals surface area contributed by atoms with Gasteiger partial charge in [-0.05, 0) is 60.6 Å². The van der Waals surface area contributed by atoms with Gasteiger partial charge >= 0.3 is 5.97 Å². The van der Waals surface area contributed by atoms with Crippen molar-refractivity contribution in [2.24, 2.45) is 0 Å². The molecule has 10 heteroatoms. The largest absolute Gasteiger partial charge is 0.465 e. The summed E-state index contributed by atoms with van der Waals surface area (Å²) >= 11 is 0. The Morgan fingerprint density at radius 3 is 2.97 bits per heavy atom. The van der Waals surface area contributed by atoms with Crippen molar-refractivity contribution in [3.8, 4) is 0 Å². The molecule has 1 N–H and O–H groups in total. The number of benzene rings is 1. The molecule has 0 amide bonds. The number of ether oxygens (including phenoxy) is 2. The predicted molar refractivity (Wildman–Crippen MR) is 126 cm³/mol. The Morgan fingerprint density at radius 2 is 2.24 bits per heavy atom. The maximum absolute atomic E-state index is 13.0. The third kappa shape index (κ3) is 5.34. The van der Waals surface area contributed by atoms with Crippen molar-refractivity contribution in [2.75, 3.05) is 19.8 Å². The van der Waals surface area contributed by atoms with E-state index >= 15 is 0 Å². The number of esters is 1. The minimum atomic E-state index is -0.391. The minimum absolute atomic E-state index is 0.0592. The molecule has 34 heavy (non-hydrogen) atoms. The number of rotatable bonds is 10. The quantitative estimate of drug-likeness (QED) is 0.451. The molecule has 0 spiro atoms. The molecule has 1 fully saturated rings. The number of aryl methyl sites for hydroxylation is 1. The van der Waals surface area contributed by atoms with Crippen molar-refractivity contribution in [2.45, 2.75) is 65.3 Å². The van der Waals surface area contributed by atoms with Crippen molar-refractivity contribution in [1.29, 1.82) is 0 Å². The first-order chi connectivity index (χ1) is 16.5. The number of nitrogens with zero attached hydrogens (tertiary/aromatic N) is 5. The first kappa shape index (κ1) is 24.0. The lowest BCUT2D eigenvalue weighted by Crippen LogP contribution is -2.38. The number of tetrazole rings is 1. The summed E-state index contributed by atoms with van der Waals surface area (Å²) in [6, 6.07) is 7.73. The molecule has 0 bridgehead atoms. The molecule has 3 heterocycles. The van der Waals surface area contributed by atoms with Crippen LogP contribution in [0.1, 0.15) is 56.1 Å². The Kier molecular flexibility index (Phi) is 7.69. The van der Waals surface area contributed by atoms with Crippen LogP contribution in [0.2, 0.25) is 0 Å². The number of carbonyl (C=O) groups excluding carboxylic acids is 1. The topological polar surface area (TPSA) is 115 Å². The van der Waals surface area contributed by atoms with E-state index in [0.29, 0.717) is 37.5 Å². The molecule has 1 aliphatic rings. The van der Waals surface area contributed by atoms with Crippen LogP contribution in [0.15, 0.2) is 29.1 Å². The highest BCUT2D eigenvalue weighted by Gasteiger charge is 2.30. The van der Waals surface area contributed by atoms with Crippen LogP contribution in [-0.2, 0) is 27.4 Å². The molecular formula is C24H32N6O4. The molecule has 1 saturated heterocycles. The number of H-pyrrole nitrogens is 1. The highest BCUT2D eigenvalue weighted by Crippen LogP contribution is 2.27. The van der Waals surface area contributed by atoms with E-state index in [0.717, 1.165) is 35.9 Å². The number of carbonyl (C=O) groups is 1. The van der Waals surface area contributed by atoms with E-state index < -0.39 is 5.97 Å². The number of pyridine rings is 1. The van der Waals surface area contributed by atoms with Gasteiger partial charge in [0.05, 0.1) is 24.3 Å². The van der Waals surface area contributed by atoms with Gasteiger partial charge in [-0.3, -0.25) is 14.5 Å². The molecule has 1 aromatic carbocycles. The SMILES string of the molecule is CCOC(=O)Cn1nnnc1[C@@H](CC)N(Cc1cc2cccc(C)c2[nH]c1=O)C[C@@H]1CCCO1. The highest BCUT2D eigenvalue weighted by atomic mass is 16.5. The van der Waals surface area contributed by atoms with Crippen LogP contribution in [-0.4, -0.2) is 61.9 Å². The monoisotopic (exact) mass is 468 g/mol. The zero-order valence-corrected chi connectivity index (χ0v) is 20.0. The van der Waals surface area contributed by atoms with Crippen LogP contribution in [0.4, 0.5) is 0 Å². The Hall–Kier alpha value is -3.11. The van der Waals surface area contributed by atoms with E-state index in [1.807, 2.05) is 38.1 Å². The summed E-state index contributed by atoms with van der Waals surface area (Å²) in [5, 5.41) is 13.1. The van der Waals surface area contributed by atoms with Crippen molar-refractivity contribution >= 4 is 16.9 Å². The predicted octanol–water partition coefficient (Wildman–Crippen LogP) is 2.52. The summed E-state index contributed by atoms with van der Waals surface area (Å²) in [7, 11) is 0. The van der Waals surface area contributed by atoms with Crippen LogP contribution in [0.25, 0.3) is 10.9 Å². The standard InChI is InChI=1S/C24H32N6O4/c1-4-20(23-26-27-28-30(23)15-21(31)33-5-2)29(14-19-10-7-11-34-19)13-18-12-17-9-6-8-16(3)22(17)25-24(18)32/h6,8-9,12,19-20H,4-5,7,10-11,13-15H2,1-3H3,(H,25,32)/t19-,20+/m0/s1. The number of nitrogens with one attached hydrogen (secondary N) is 1. The molecule has 2 atom stereocenters. The number of para-hydroxylation sites is 1. The normalized spacial score (nSPS) is 16.9. The molecule has 0 unspecified atom stereocenters. The summed E-state index contributed by atoms with van der Waals surface area (Å²) in [4.78, 5) is 30.4. The maximum Gasteiger partial charge on any atom is 0.327 e. The fourth-order valence-corrected chi connectivity index (χ4v) is 4.61. The van der Waals surface area contributed by atoms with Crippen molar-refractivity contribution in [3.63, 3.8) is 0 Å². The molecule has 0 saturated carbocycles. The lowest BCUT2D eigenvalue weighted by molar-refractivity contribution is -0.144. The number of aromatic nitrogens is 5. The van der Waals surface area contributed by atoms with Gasteiger partial charge in [-0.15, -0.1) is 5.10 Å². The molecule has 0 radical (unpaired) electrons. The van der Waals surface area contributed by atoms with Crippen molar-refractivity contribution in [1.82, 2.24) is 30.1 Å². The van der Waals surface area contributed by atoms with E-state index in [1.165, 1.54) is 4.68 Å². The van der Waals surface area contributed by atoms with Crippen LogP contribution >= 0.6 is 0 Å². The molecule has 4 rings (SSSR count). The molecule has 182 valence electrons. The average Bonchev–Trinajstić information content (AvgIpc) is 3.48. The van der Waals surface area contributed by atoms with E-state index in [9.17, 15) is 9.59 Å². The van der Waals surface area contributed by atoms with Gasteiger partial charge < -0.3 is 14.5 Å². The second kappa shape index (κ2) is 10.9. The number of fused-ring (bicyclic) bond motifs is 1. The number of hydrogen-bond donors (Lipinski definition) is 1. The molecular weight excluding hydrogens is 436 g/mol. The fourth-order valence-electron chi connectivity index (χ4n) is 4.61. The van der Waals surface area contributed by atoms with Gasteiger partial charge in [-0.2, -0.15) is 0 Å². The average molecular weight is 469 g/mol. The first-order valence-corrected chi connectivity index (χ1v) is 11.9. The second-order valence-corrected chi connectivity index (χ2v) is 8.65. The minimum Gasteiger partial charge on any atom is -0.465 e. The Morgan fingerprint density at radius 1 is 1.38 bits per heavy atom. The zero-order valence-electron chi connectivity index (χ0n) is 20.0. The van der Waals surface area contributed by atoms with Gasteiger partial charge in [0.1, 0.15) is 6.54 Å². The van der Waals surface area contributed by atoms with E-state index in [-0.39, 0.29) is 24.2 Å². The lowest BCUT2D eigenvalue weighted by Gasteiger charge is -2.32. The van der Waals surface area contributed by atoms with E-state index in [4.69, 9.17) is 9.47 Å². The van der Waals surface area contributed by atoms with Crippen LogP contribution in [0, 0.1) is 6.92 Å². The van der Waals surface area contributed by atoms with Crippen LogP contribution in [0.5, 0.6) is 0 Å². The summed E-state index contributed by atoms with van der Waals surface area (Å²) in [5.41, 5.74) is 2.44. The highest BCUT2D eigenvalue weighted by molar-refractivity contribution is 5.81. The van der Waals surface area contributed by atoms with Gasteiger partial charge in [0.15, 0.2) is 5.82 Å². The molecule has 0 aliphatic carbocycles. The number of hydrogen-bond acceptors (Lipinski definition) is 8. The van der Waals surface area contributed by atoms with Crippen molar-refractivity contribution in [3.05, 3.63) is 51.6 Å². The Labute approximate surface area is 198 Å². The molecule has 1 aliphatic heterocycles. The van der Waals surface area contributed by atoms with Crippen LogP contribution in [0.3, 0.4) is 0 Å². The second-order valence-electron chi connectivity index (χ2n) is 8.65. The van der Waals surface area contributed by atoms with Gasteiger partial charge in [-0.25, -0.2) is 4.68 Å². The number of aromatic amines is 1. The fraction of sp³-hybridized carbons (Fsp3) is 0.542. The van der Waals surface area contributed by atoms with Crippen molar-refractivity contribution < 1.29 is 14.3 Å². The molecule has 3 aromatic rings. The Balaban J connectivity index is 1.67. The van der Waals surface area contributed by atoms with Gasteiger partial charge in [-0.1, -0.05) is 25.1 Å². The Bertz CT molecular complexity index is 1180. The van der Waals surface area contributed by atoms with Crippen LogP contribution < -0.4 is 5.56 Å². The summed E-state index contributed by atoms with van der Waals surface area (Å²) in [5.74, 6) is 0.180. The van der Waals surface area contributed by atoms with E-state index in [2.05, 4.69) is 25.4 Å². The zero-order chi connectivity index (χ0) is 24.1. The van der Waals surface area contributed by atoms with E-state index in [1.54, 1.807) is 6.92 Å². The van der Waals surface area contributed by atoms with Gasteiger partial charge in [0.2, 0.25) is 0 Å². The lowest BCUT2D eigenvalue weighted by atomic mass is 10.1. The summed E-state index contributed by atoms with van der Waals surface area (Å²) in [6.45, 7) is 7.81. The summed E-state index contributed by atoms with van der Waals surface area (Å²) < 4.78 is 12.5. The third-order valence-electron chi connectivity index (χ3n) is 6.27. The van der Waals surface area contributed by atoms with Gasteiger partial charge in [0, 0.05) is 25.3 Å². The first-order valence-electron chi connectivity index (χ1n) is 11.9. The molecule has 10 nitrogen and oxygen atoms in total. The maximum atomic E-state index is 13.0. The van der Waals surface area contributed by atoms with Gasteiger partial charge in [0.25, 0.3) is 5.56 Å². The third-order valence-corrected chi connectivity index (χ3v) is 6.27.